The summed E-state index contributed by atoms with van der Waals surface area (Å²) in [6.07, 6.45) is 1.95. The lowest BCUT2D eigenvalue weighted by Crippen LogP contribution is -2.18. The van der Waals surface area contributed by atoms with Crippen molar-refractivity contribution in [3.8, 4) is 0 Å². The summed E-state index contributed by atoms with van der Waals surface area (Å²) in [7, 11) is 1.98. The predicted octanol–water partition coefficient (Wildman–Crippen LogP) is 4.08. The summed E-state index contributed by atoms with van der Waals surface area (Å²) in [4.78, 5) is 4.39. The maximum absolute atomic E-state index is 4.39. The number of nitrogens with one attached hydrogen (secondary N) is 1. The first-order chi connectivity index (χ1) is 9.02. The highest BCUT2D eigenvalue weighted by Crippen LogP contribution is 2.28. The van der Waals surface area contributed by atoms with Gasteiger partial charge in [-0.3, -0.25) is 4.98 Å². The number of hydrogen-bond acceptors (Lipinski definition) is 2. The average molecular weight is 319 g/mol. The molecule has 0 aliphatic carbocycles. The van der Waals surface area contributed by atoms with Crippen LogP contribution >= 0.6 is 15.9 Å². The number of aryl methyl sites for hydroxylation is 3. The Kier molecular flexibility index (Phi) is 4.38. The molecule has 0 radical (unpaired) electrons. The summed E-state index contributed by atoms with van der Waals surface area (Å²) in [6.45, 7) is 6.26. The van der Waals surface area contributed by atoms with Gasteiger partial charge in [-0.2, -0.15) is 0 Å². The number of benzene rings is 1. The van der Waals surface area contributed by atoms with Gasteiger partial charge in [-0.15, -0.1) is 0 Å². The Hall–Kier alpha value is -1.19. The SMILES string of the molecule is CNC(c1ccc(C)nc1)c1cc(C)c(Br)c(C)c1. The standard InChI is InChI=1S/C16H19BrN2/c1-10-7-14(8-11(2)15(10)17)16(18-4)13-6-5-12(3)19-9-13/h5-9,16,18H,1-4H3. The molecule has 0 saturated carbocycles. The molecule has 1 aromatic heterocycles. The summed E-state index contributed by atoms with van der Waals surface area (Å²) >= 11 is 3.62. The predicted molar refractivity (Wildman–Crippen MR) is 83.5 cm³/mol. The number of rotatable bonds is 3. The average Bonchev–Trinajstić information content (AvgIpc) is 2.39. The molecular formula is C16H19BrN2. The number of hydrogen-bond donors (Lipinski definition) is 1. The highest BCUT2D eigenvalue weighted by Gasteiger charge is 2.14. The van der Waals surface area contributed by atoms with Crippen LogP contribution in [0.4, 0.5) is 0 Å². The molecule has 1 aromatic carbocycles. The van der Waals surface area contributed by atoms with Gasteiger partial charge in [0.25, 0.3) is 0 Å². The molecule has 1 heterocycles. The lowest BCUT2D eigenvalue weighted by atomic mass is 9.96. The molecule has 100 valence electrons. The van der Waals surface area contributed by atoms with E-state index in [0.717, 1.165) is 5.69 Å². The summed E-state index contributed by atoms with van der Waals surface area (Å²) in [6, 6.07) is 8.81. The van der Waals surface area contributed by atoms with Crippen molar-refractivity contribution in [3.63, 3.8) is 0 Å². The first kappa shape index (κ1) is 14.2. The first-order valence-corrected chi connectivity index (χ1v) is 7.18. The lowest BCUT2D eigenvalue weighted by molar-refractivity contribution is 0.686. The second-order valence-corrected chi connectivity index (χ2v) is 5.72. The second-order valence-electron chi connectivity index (χ2n) is 4.92. The van der Waals surface area contributed by atoms with Crippen molar-refractivity contribution in [2.45, 2.75) is 26.8 Å². The van der Waals surface area contributed by atoms with Crippen molar-refractivity contribution in [2.75, 3.05) is 7.05 Å². The molecular weight excluding hydrogens is 300 g/mol. The van der Waals surface area contributed by atoms with Gasteiger partial charge >= 0.3 is 0 Å². The molecule has 0 spiro atoms. The summed E-state index contributed by atoms with van der Waals surface area (Å²) < 4.78 is 1.19. The fourth-order valence-corrected chi connectivity index (χ4v) is 2.55. The van der Waals surface area contributed by atoms with Gasteiger partial charge in [0.15, 0.2) is 0 Å². The lowest BCUT2D eigenvalue weighted by Gasteiger charge is -2.19. The Morgan fingerprint density at radius 1 is 1.05 bits per heavy atom. The molecule has 1 N–H and O–H groups in total. The highest BCUT2D eigenvalue weighted by atomic mass is 79.9. The van der Waals surface area contributed by atoms with E-state index >= 15 is 0 Å². The second kappa shape index (κ2) is 5.85. The van der Waals surface area contributed by atoms with Crippen LogP contribution in [0.3, 0.4) is 0 Å². The maximum atomic E-state index is 4.39. The normalized spacial score (nSPS) is 12.5. The van der Waals surface area contributed by atoms with Crippen molar-refractivity contribution in [1.82, 2.24) is 10.3 Å². The van der Waals surface area contributed by atoms with Gasteiger partial charge in [0.05, 0.1) is 6.04 Å². The monoisotopic (exact) mass is 318 g/mol. The van der Waals surface area contributed by atoms with E-state index in [0.29, 0.717) is 0 Å². The van der Waals surface area contributed by atoms with Crippen molar-refractivity contribution >= 4 is 15.9 Å². The molecule has 1 unspecified atom stereocenters. The topological polar surface area (TPSA) is 24.9 Å². The minimum Gasteiger partial charge on any atom is -0.309 e. The van der Waals surface area contributed by atoms with Crippen LogP contribution in [-0.2, 0) is 0 Å². The zero-order valence-electron chi connectivity index (χ0n) is 11.8. The fraction of sp³-hybridized carbons (Fsp3) is 0.312. The van der Waals surface area contributed by atoms with E-state index in [1.54, 1.807) is 0 Å². The van der Waals surface area contributed by atoms with E-state index < -0.39 is 0 Å². The van der Waals surface area contributed by atoms with Crippen LogP contribution in [0, 0.1) is 20.8 Å². The fourth-order valence-electron chi connectivity index (χ4n) is 2.32. The molecule has 0 aliphatic heterocycles. The van der Waals surface area contributed by atoms with Crippen molar-refractivity contribution in [1.29, 1.82) is 0 Å². The van der Waals surface area contributed by atoms with Crippen LogP contribution in [0.15, 0.2) is 34.9 Å². The molecule has 2 aromatic rings. The Balaban J connectivity index is 2.45. The van der Waals surface area contributed by atoms with Crippen LogP contribution in [0.5, 0.6) is 0 Å². The van der Waals surface area contributed by atoms with E-state index in [9.17, 15) is 0 Å². The third-order valence-corrected chi connectivity index (χ3v) is 4.60. The summed E-state index contributed by atoms with van der Waals surface area (Å²) in [5.74, 6) is 0. The smallest absolute Gasteiger partial charge is 0.0589 e. The third kappa shape index (κ3) is 3.04. The number of halogens is 1. The molecule has 19 heavy (non-hydrogen) atoms. The minimum atomic E-state index is 0.179. The highest BCUT2D eigenvalue weighted by molar-refractivity contribution is 9.10. The molecule has 0 bridgehead atoms. The summed E-state index contributed by atoms with van der Waals surface area (Å²) in [5.41, 5.74) is 6.02. The van der Waals surface area contributed by atoms with Crippen LogP contribution in [0.2, 0.25) is 0 Å². The van der Waals surface area contributed by atoms with Gasteiger partial charge in [0.1, 0.15) is 0 Å². The Morgan fingerprint density at radius 2 is 1.68 bits per heavy atom. The van der Waals surface area contributed by atoms with Crippen LogP contribution < -0.4 is 5.32 Å². The van der Waals surface area contributed by atoms with Crippen LogP contribution in [0.25, 0.3) is 0 Å². The quantitative estimate of drug-likeness (QED) is 0.922. The number of aromatic nitrogens is 1. The Bertz CT molecular complexity index is 553. The molecule has 0 saturated heterocycles. The molecule has 1 atom stereocenters. The van der Waals surface area contributed by atoms with Gasteiger partial charge in [-0.25, -0.2) is 0 Å². The molecule has 3 heteroatoms. The maximum Gasteiger partial charge on any atom is 0.0589 e. The summed E-state index contributed by atoms with van der Waals surface area (Å²) in [5, 5.41) is 3.37. The van der Waals surface area contributed by atoms with Crippen molar-refractivity contribution in [3.05, 3.63) is 62.9 Å². The Morgan fingerprint density at radius 3 is 2.16 bits per heavy atom. The van der Waals surface area contributed by atoms with Crippen molar-refractivity contribution < 1.29 is 0 Å². The van der Waals surface area contributed by atoms with E-state index in [4.69, 9.17) is 0 Å². The minimum absolute atomic E-state index is 0.179. The largest absolute Gasteiger partial charge is 0.309 e. The van der Waals surface area contributed by atoms with Gasteiger partial charge in [-0.05, 0) is 56.1 Å². The first-order valence-electron chi connectivity index (χ1n) is 6.39. The van der Waals surface area contributed by atoms with E-state index in [1.165, 1.54) is 26.7 Å². The number of nitrogens with zero attached hydrogens (tertiary/aromatic N) is 1. The van der Waals surface area contributed by atoms with Crippen LogP contribution in [-0.4, -0.2) is 12.0 Å². The van der Waals surface area contributed by atoms with Crippen molar-refractivity contribution in [2.24, 2.45) is 0 Å². The van der Waals surface area contributed by atoms with E-state index in [1.807, 2.05) is 20.2 Å². The van der Waals surface area contributed by atoms with E-state index in [2.05, 4.69) is 64.3 Å². The van der Waals surface area contributed by atoms with Gasteiger partial charge in [0.2, 0.25) is 0 Å². The molecule has 2 rings (SSSR count). The molecule has 0 aliphatic rings. The third-order valence-electron chi connectivity index (χ3n) is 3.35. The van der Waals surface area contributed by atoms with Gasteiger partial charge in [0, 0.05) is 16.4 Å². The molecule has 2 nitrogen and oxygen atoms in total. The zero-order chi connectivity index (χ0) is 14.0. The van der Waals surface area contributed by atoms with Gasteiger partial charge in [-0.1, -0.05) is 34.1 Å². The van der Waals surface area contributed by atoms with Gasteiger partial charge < -0.3 is 5.32 Å². The molecule has 0 fully saturated rings. The molecule has 0 amide bonds. The van der Waals surface area contributed by atoms with Crippen LogP contribution in [0.1, 0.15) is 34.0 Å². The zero-order valence-corrected chi connectivity index (χ0v) is 13.4. The number of pyridine rings is 1. The van der Waals surface area contributed by atoms with E-state index in [-0.39, 0.29) is 6.04 Å². The Labute approximate surface area is 123 Å².